The predicted octanol–water partition coefficient (Wildman–Crippen LogP) is 2.31. The van der Waals surface area contributed by atoms with E-state index in [9.17, 15) is 8.78 Å². The number of nitrogens with one attached hydrogen (secondary N) is 1. The van der Waals surface area contributed by atoms with Crippen LogP contribution in [0.25, 0.3) is 0 Å². The van der Waals surface area contributed by atoms with Gasteiger partial charge in [0.1, 0.15) is 11.6 Å². The minimum absolute atomic E-state index is 0.0630. The summed E-state index contributed by atoms with van der Waals surface area (Å²) < 4.78 is 32.7. The molecular formula is C11H10BrF2NO. The number of ether oxygens (including phenoxy) is 1. The largest absolute Gasteiger partial charge is 0.375 e. The summed E-state index contributed by atoms with van der Waals surface area (Å²) in [5.74, 6) is -1.04. The Morgan fingerprint density at radius 2 is 2.25 bits per heavy atom. The van der Waals surface area contributed by atoms with E-state index >= 15 is 0 Å². The van der Waals surface area contributed by atoms with Crippen LogP contribution >= 0.6 is 15.9 Å². The lowest BCUT2D eigenvalue weighted by Gasteiger charge is -2.27. The maximum atomic E-state index is 13.8. The summed E-state index contributed by atoms with van der Waals surface area (Å²) in [7, 11) is 0. The van der Waals surface area contributed by atoms with E-state index in [0.29, 0.717) is 24.2 Å². The minimum atomic E-state index is -0.552. The first kappa shape index (κ1) is 10.6. The molecule has 1 aliphatic carbocycles. The Bertz CT molecular complexity index is 452. The lowest BCUT2D eigenvalue weighted by atomic mass is 10.1. The van der Waals surface area contributed by atoms with Gasteiger partial charge in [-0.3, -0.25) is 0 Å². The normalized spacial score (nSPS) is 27.7. The van der Waals surface area contributed by atoms with Gasteiger partial charge >= 0.3 is 0 Å². The van der Waals surface area contributed by atoms with Gasteiger partial charge in [0, 0.05) is 13.0 Å². The summed E-state index contributed by atoms with van der Waals surface area (Å²) in [6.07, 6.45) is 0.449. The average molecular weight is 290 g/mol. The fraction of sp³-hybridized carbons (Fsp3) is 0.455. The molecule has 1 saturated heterocycles. The maximum Gasteiger partial charge on any atom is 0.143 e. The summed E-state index contributed by atoms with van der Waals surface area (Å²) in [5, 5.41) is 3.24. The zero-order valence-electron chi connectivity index (χ0n) is 8.40. The number of hydrogen-bond acceptors (Lipinski definition) is 2. The SMILES string of the molecule is Fc1cc2c(c(F)c1Br)C[C@H]1OCCN[C@@H]21. The van der Waals surface area contributed by atoms with Crippen LogP contribution in [0.15, 0.2) is 10.5 Å². The molecule has 1 N–H and O–H groups in total. The molecule has 0 radical (unpaired) electrons. The van der Waals surface area contributed by atoms with Crippen LogP contribution in [-0.4, -0.2) is 19.3 Å². The van der Waals surface area contributed by atoms with Crippen molar-refractivity contribution < 1.29 is 13.5 Å². The van der Waals surface area contributed by atoms with Crippen LogP contribution in [0.4, 0.5) is 8.78 Å². The highest BCUT2D eigenvalue weighted by molar-refractivity contribution is 9.10. The molecule has 0 bridgehead atoms. The molecule has 1 aromatic carbocycles. The first-order valence-corrected chi connectivity index (χ1v) is 5.99. The molecule has 0 saturated carbocycles. The lowest BCUT2D eigenvalue weighted by Crippen LogP contribution is -2.39. The Morgan fingerprint density at radius 3 is 3.06 bits per heavy atom. The third-order valence-electron chi connectivity index (χ3n) is 3.21. The highest BCUT2D eigenvalue weighted by Gasteiger charge is 2.38. The number of halogens is 3. The van der Waals surface area contributed by atoms with E-state index in [1.165, 1.54) is 6.07 Å². The molecule has 1 aliphatic heterocycles. The first-order chi connectivity index (χ1) is 7.68. The van der Waals surface area contributed by atoms with Gasteiger partial charge in [-0.25, -0.2) is 8.78 Å². The highest BCUT2D eigenvalue weighted by Crippen LogP contribution is 2.39. The van der Waals surface area contributed by atoms with Crippen LogP contribution < -0.4 is 5.32 Å². The van der Waals surface area contributed by atoms with Gasteiger partial charge in [-0.1, -0.05) is 0 Å². The molecule has 2 nitrogen and oxygen atoms in total. The zero-order chi connectivity index (χ0) is 11.3. The Morgan fingerprint density at radius 1 is 1.44 bits per heavy atom. The van der Waals surface area contributed by atoms with Crippen molar-refractivity contribution in [2.45, 2.75) is 18.6 Å². The minimum Gasteiger partial charge on any atom is -0.375 e. The summed E-state index contributed by atoms with van der Waals surface area (Å²) in [5.41, 5.74) is 1.26. The maximum absolute atomic E-state index is 13.8. The molecule has 1 fully saturated rings. The highest BCUT2D eigenvalue weighted by atomic mass is 79.9. The molecule has 1 aromatic rings. The van der Waals surface area contributed by atoms with E-state index < -0.39 is 11.6 Å². The van der Waals surface area contributed by atoms with Crippen LogP contribution in [0.5, 0.6) is 0 Å². The number of rotatable bonds is 0. The van der Waals surface area contributed by atoms with E-state index in [0.717, 1.165) is 6.54 Å². The van der Waals surface area contributed by atoms with Gasteiger partial charge in [-0.2, -0.15) is 0 Å². The van der Waals surface area contributed by atoms with E-state index in [-0.39, 0.29) is 16.6 Å². The molecule has 86 valence electrons. The molecule has 5 heteroatoms. The van der Waals surface area contributed by atoms with Crippen LogP contribution in [0.2, 0.25) is 0 Å². The van der Waals surface area contributed by atoms with Gasteiger partial charge in [0.05, 0.1) is 23.2 Å². The molecular weight excluding hydrogens is 280 g/mol. The molecule has 2 atom stereocenters. The lowest BCUT2D eigenvalue weighted by molar-refractivity contribution is 0.00486. The fourth-order valence-corrected chi connectivity index (χ4v) is 2.83. The standard InChI is InChI=1S/C11H10BrF2NO/c12-9-7(13)3-6-5(10(9)14)4-8-11(6)15-1-2-16-8/h3,8,11,15H,1-2,4H2/t8-,11+/m1/s1. The van der Waals surface area contributed by atoms with E-state index in [1.54, 1.807) is 0 Å². The third kappa shape index (κ3) is 1.42. The van der Waals surface area contributed by atoms with Gasteiger partial charge in [0.25, 0.3) is 0 Å². The Labute approximate surface area is 100 Å². The van der Waals surface area contributed by atoms with Crippen molar-refractivity contribution in [1.82, 2.24) is 5.32 Å². The topological polar surface area (TPSA) is 21.3 Å². The number of hydrogen-bond donors (Lipinski definition) is 1. The van der Waals surface area contributed by atoms with Gasteiger partial charge in [-0.15, -0.1) is 0 Å². The zero-order valence-corrected chi connectivity index (χ0v) is 9.98. The first-order valence-electron chi connectivity index (χ1n) is 5.19. The van der Waals surface area contributed by atoms with Crippen LogP contribution in [0, 0.1) is 11.6 Å². The van der Waals surface area contributed by atoms with Crippen molar-refractivity contribution in [3.63, 3.8) is 0 Å². The van der Waals surface area contributed by atoms with Crippen LogP contribution in [0.1, 0.15) is 17.2 Å². The monoisotopic (exact) mass is 289 g/mol. The Hall–Kier alpha value is -0.520. The van der Waals surface area contributed by atoms with Crippen molar-refractivity contribution in [2.75, 3.05) is 13.2 Å². The van der Waals surface area contributed by atoms with Gasteiger partial charge in [-0.05, 0) is 33.1 Å². The molecule has 1 heterocycles. The Balaban J connectivity index is 2.12. The summed E-state index contributed by atoms with van der Waals surface area (Å²) in [4.78, 5) is 0. The van der Waals surface area contributed by atoms with Gasteiger partial charge < -0.3 is 10.1 Å². The molecule has 0 amide bonds. The molecule has 3 rings (SSSR count). The number of benzene rings is 1. The summed E-state index contributed by atoms with van der Waals surface area (Å²) >= 11 is 2.92. The van der Waals surface area contributed by atoms with E-state index in [4.69, 9.17) is 4.74 Å². The summed E-state index contributed by atoms with van der Waals surface area (Å²) in [6, 6.07) is 1.33. The fourth-order valence-electron chi connectivity index (χ4n) is 2.48. The smallest absolute Gasteiger partial charge is 0.143 e. The van der Waals surface area contributed by atoms with Crippen molar-refractivity contribution in [3.05, 3.63) is 33.3 Å². The average Bonchev–Trinajstić information content (AvgIpc) is 2.65. The second-order valence-electron chi connectivity index (χ2n) is 4.10. The van der Waals surface area contributed by atoms with Crippen LogP contribution in [-0.2, 0) is 11.2 Å². The van der Waals surface area contributed by atoms with Crippen molar-refractivity contribution in [1.29, 1.82) is 0 Å². The second kappa shape index (κ2) is 3.75. The quantitative estimate of drug-likeness (QED) is 0.740. The van der Waals surface area contributed by atoms with E-state index in [1.807, 2.05) is 0 Å². The van der Waals surface area contributed by atoms with E-state index in [2.05, 4.69) is 21.2 Å². The molecule has 0 spiro atoms. The molecule has 0 unspecified atom stereocenters. The number of fused-ring (bicyclic) bond motifs is 3. The Kier molecular flexibility index (Phi) is 2.49. The van der Waals surface area contributed by atoms with Crippen molar-refractivity contribution >= 4 is 15.9 Å². The van der Waals surface area contributed by atoms with Gasteiger partial charge in [0.15, 0.2) is 0 Å². The van der Waals surface area contributed by atoms with Crippen molar-refractivity contribution in [3.8, 4) is 0 Å². The van der Waals surface area contributed by atoms with Crippen molar-refractivity contribution in [2.24, 2.45) is 0 Å². The number of morpholine rings is 1. The predicted molar refractivity (Wildman–Crippen MR) is 58.2 cm³/mol. The molecule has 16 heavy (non-hydrogen) atoms. The van der Waals surface area contributed by atoms with Gasteiger partial charge in [0.2, 0.25) is 0 Å². The molecule has 0 aromatic heterocycles. The molecule has 2 aliphatic rings. The second-order valence-corrected chi connectivity index (χ2v) is 4.89. The van der Waals surface area contributed by atoms with Crippen LogP contribution in [0.3, 0.4) is 0 Å². The third-order valence-corrected chi connectivity index (χ3v) is 3.94. The summed E-state index contributed by atoms with van der Waals surface area (Å²) in [6.45, 7) is 1.35.